The SMILES string of the molecule is Cc1cc2nc(C)n(CCCCN)c2cc1C. The number of aromatic nitrogens is 2. The van der Waals surface area contributed by atoms with Crippen LogP contribution in [0.25, 0.3) is 11.0 Å². The van der Waals surface area contributed by atoms with Gasteiger partial charge in [0.2, 0.25) is 0 Å². The Kier molecular flexibility index (Phi) is 3.48. The van der Waals surface area contributed by atoms with Gasteiger partial charge in [0.05, 0.1) is 11.0 Å². The fraction of sp³-hybridized carbons (Fsp3) is 0.500. The number of hydrogen-bond donors (Lipinski definition) is 1. The molecule has 2 aromatic rings. The minimum Gasteiger partial charge on any atom is -0.330 e. The lowest BCUT2D eigenvalue weighted by atomic mass is 10.1. The van der Waals surface area contributed by atoms with Gasteiger partial charge in [-0.15, -0.1) is 0 Å². The van der Waals surface area contributed by atoms with E-state index in [0.717, 1.165) is 37.3 Å². The van der Waals surface area contributed by atoms with Crippen molar-refractivity contribution in [3.63, 3.8) is 0 Å². The minimum atomic E-state index is 0.768. The number of imidazole rings is 1. The molecule has 1 heterocycles. The first-order chi connectivity index (χ1) is 8.13. The van der Waals surface area contributed by atoms with Crippen LogP contribution in [-0.4, -0.2) is 16.1 Å². The zero-order chi connectivity index (χ0) is 12.4. The topological polar surface area (TPSA) is 43.8 Å². The van der Waals surface area contributed by atoms with Gasteiger partial charge in [-0.05, 0) is 63.4 Å². The van der Waals surface area contributed by atoms with E-state index >= 15 is 0 Å². The molecule has 0 aliphatic heterocycles. The fourth-order valence-electron chi connectivity index (χ4n) is 2.20. The molecule has 0 bridgehead atoms. The van der Waals surface area contributed by atoms with E-state index in [1.54, 1.807) is 0 Å². The van der Waals surface area contributed by atoms with Crippen LogP contribution in [0.4, 0.5) is 0 Å². The predicted octanol–water partition coefficient (Wildman–Crippen LogP) is 2.70. The molecule has 0 aliphatic carbocycles. The van der Waals surface area contributed by atoms with Crippen molar-refractivity contribution in [3.8, 4) is 0 Å². The third kappa shape index (κ3) is 2.34. The van der Waals surface area contributed by atoms with Gasteiger partial charge in [-0.1, -0.05) is 0 Å². The molecule has 0 spiro atoms. The summed E-state index contributed by atoms with van der Waals surface area (Å²) in [6.07, 6.45) is 2.19. The molecule has 3 nitrogen and oxygen atoms in total. The second kappa shape index (κ2) is 4.88. The van der Waals surface area contributed by atoms with Crippen LogP contribution in [0.15, 0.2) is 12.1 Å². The van der Waals surface area contributed by atoms with Gasteiger partial charge in [-0.3, -0.25) is 0 Å². The Morgan fingerprint density at radius 3 is 2.53 bits per heavy atom. The van der Waals surface area contributed by atoms with Crippen molar-refractivity contribution >= 4 is 11.0 Å². The predicted molar refractivity (Wildman–Crippen MR) is 72.2 cm³/mol. The van der Waals surface area contributed by atoms with E-state index in [2.05, 4.69) is 42.5 Å². The van der Waals surface area contributed by atoms with Crippen LogP contribution in [-0.2, 0) is 6.54 Å². The molecule has 0 radical (unpaired) electrons. The monoisotopic (exact) mass is 231 g/mol. The zero-order valence-electron chi connectivity index (χ0n) is 11.0. The molecule has 1 aromatic heterocycles. The van der Waals surface area contributed by atoms with E-state index in [9.17, 15) is 0 Å². The summed E-state index contributed by atoms with van der Waals surface area (Å²) in [6, 6.07) is 4.42. The van der Waals surface area contributed by atoms with Crippen molar-refractivity contribution in [2.45, 2.75) is 40.2 Å². The summed E-state index contributed by atoms with van der Waals surface area (Å²) in [5, 5.41) is 0. The first-order valence-corrected chi connectivity index (χ1v) is 6.27. The van der Waals surface area contributed by atoms with Crippen molar-refractivity contribution in [2.75, 3.05) is 6.54 Å². The molecule has 0 fully saturated rings. The summed E-state index contributed by atoms with van der Waals surface area (Å²) < 4.78 is 2.30. The highest BCUT2D eigenvalue weighted by atomic mass is 15.1. The Labute approximate surface area is 103 Å². The molecule has 0 amide bonds. The fourth-order valence-corrected chi connectivity index (χ4v) is 2.20. The number of nitrogens with two attached hydrogens (primary N) is 1. The Morgan fingerprint density at radius 2 is 1.82 bits per heavy atom. The number of rotatable bonds is 4. The van der Waals surface area contributed by atoms with Crippen LogP contribution in [0, 0.1) is 20.8 Å². The smallest absolute Gasteiger partial charge is 0.106 e. The molecule has 0 atom stereocenters. The van der Waals surface area contributed by atoms with Crippen molar-refractivity contribution in [2.24, 2.45) is 5.73 Å². The van der Waals surface area contributed by atoms with Crippen LogP contribution in [0.5, 0.6) is 0 Å². The van der Waals surface area contributed by atoms with Crippen molar-refractivity contribution in [1.82, 2.24) is 9.55 Å². The molecule has 17 heavy (non-hydrogen) atoms. The Bertz CT molecular complexity index is 526. The van der Waals surface area contributed by atoms with Gasteiger partial charge in [0.25, 0.3) is 0 Å². The van der Waals surface area contributed by atoms with Gasteiger partial charge in [0.15, 0.2) is 0 Å². The normalized spacial score (nSPS) is 11.3. The third-order valence-electron chi connectivity index (χ3n) is 3.39. The van der Waals surface area contributed by atoms with Crippen molar-refractivity contribution in [1.29, 1.82) is 0 Å². The molecule has 0 aliphatic rings. The average molecular weight is 231 g/mol. The summed E-state index contributed by atoms with van der Waals surface area (Å²) in [7, 11) is 0. The van der Waals surface area contributed by atoms with Crippen LogP contribution in [0.3, 0.4) is 0 Å². The highest BCUT2D eigenvalue weighted by Crippen LogP contribution is 2.21. The standard InChI is InChI=1S/C14H21N3/c1-10-8-13-14(9-11(10)2)17(12(3)16-13)7-5-4-6-15/h8-9H,4-7,15H2,1-3H3. The number of nitrogens with zero attached hydrogens (tertiary/aromatic N) is 2. The van der Waals surface area contributed by atoms with Crippen LogP contribution >= 0.6 is 0 Å². The second-order valence-electron chi connectivity index (χ2n) is 4.73. The summed E-state index contributed by atoms with van der Waals surface area (Å²) in [5.74, 6) is 1.10. The van der Waals surface area contributed by atoms with Gasteiger partial charge in [-0.2, -0.15) is 0 Å². The maximum Gasteiger partial charge on any atom is 0.106 e. The molecular formula is C14H21N3. The van der Waals surface area contributed by atoms with E-state index in [-0.39, 0.29) is 0 Å². The Balaban J connectivity index is 2.40. The largest absolute Gasteiger partial charge is 0.330 e. The Morgan fingerprint density at radius 1 is 1.12 bits per heavy atom. The quantitative estimate of drug-likeness (QED) is 0.822. The molecule has 2 N–H and O–H groups in total. The number of aryl methyl sites for hydroxylation is 4. The lowest BCUT2D eigenvalue weighted by Crippen LogP contribution is -2.04. The lowest BCUT2D eigenvalue weighted by Gasteiger charge is -2.07. The van der Waals surface area contributed by atoms with Crippen LogP contribution in [0.2, 0.25) is 0 Å². The molecule has 0 saturated heterocycles. The Hall–Kier alpha value is -1.35. The second-order valence-corrected chi connectivity index (χ2v) is 4.73. The first-order valence-electron chi connectivity index (χ1n) is 6.27. The lowest BCUT2D eigenvalue weighted by molar-refractivity contribution is 0.614. The number of hydrogen-bond acceptors (Lipinski definition) is 2. The zero-order valence-corrected chi connectivity index (χ0v) is 11.0. The molecule has 0 unspecified atom stereocenters. The van der Waals surface area contributed by atoms with Gasteiger partial charge in [-0.25, -0.2) is 4.98 Å². The summed E-state index contributed by atoms with van der Waals surface area (Å²) in [5.41, 5.74) is 10.5. The number of fused-ring (bicyclic) bond motifs is 1. The minimum absolute atomic E-state index is 0.768. The van der Waals surface area contributed by atoms with Gasteiger partial charge in [0.1, 0.15) is 5.82 Å². The van der Waals surface area contributed by atoms with E-state index in [1.807, 2.05) is 0 Å². The maximum atomic E-state index is 5.54. The van der Waals surface area contributed by atoms with Gasteiger partial charge >= 0.3 is 0 Å². The van der Waals surface area contributed by atoms with Crippen LogP contribution < -0.4 is 5.73 Å². The van der Waals surface area contributed by atoms with Crippen LogP contribution in [0.1, 0.15) is 29.8 Å². The molecule has 3 heteroatoms. The first kappa shape index (κ1) is 12.1. The summed E-state index contributed by atoms with van der Waals surface area (Å²) in [4.78, 5) is 4.63. The highest BCUT2D eigenvalue weighted by molar-refractivity contribution is 5.78. The molecule has 0 saturated carbocycles. The van der Waals surface area contributed by atoms with Crippen molar-refractivity contribution < 1.29 is 0 Å². The van der Waals surface area contributed by atoms with Gasteiger partial charge in [0, 0.05) is 6.54 Å². The molecule has 1 aromatic carbocycles. The third-order valence-corrected chi connectivity index (χ3v) is 3.39. The molecular weight excluding hydrogens is 210 g/mol. The summed E-state index contributed by atoms with van der Waals surface area (Å²) in [6.45, 7) is 8.15. The maximum absolute atomic E-state index is 5.54. The summed E-state index contributed by atoms with van der Waals surface area (Å²) >= 11 is 0. The number of benzene rings is 1. The van der Waals surface area contributed by atoms with E-state index < -0.39 is 0 Å². The number of unbranched alkanes of at least 4 members (excludes halogenated alkanes) is 1. The van der Waals surface area contributed by atoms with Crippen molar-refractivity contribution in [3.05, 3.63) is 29.1 Å². The van der Waals surface area contributed by atoms with E-state index in [0.29, 0.717) is 0 Å². The average Bonchev–Trinajstić information content (AvgIpc) is 2.57. The highest BCUT2D eigenvalue weighted by Gasteiger charge is 2.08. The molecule has 92 valence electrons. The van der Waals surface area contributed by atoms with E-state index in [4.69, 9.17) is 5.73 Å². The molecule has 2 rings (SSSR count). The van der Waals surface area contributed by atoms with Gasteiger partial charge < -0.3 is 10.3 Å². The van der Waals surface area contributed by atoms with E-state index in [1.165, 1.54) is 16.6 Å².